The lowest BCUT2D eigenvalue weighted by molar-refractivity contribution is -0.133. The number of anilines is 3. The number of aromatic nitrogens is 2. The summed E-state index contributed by atoms with van der Waals surface area (Å²) in [6.45, 7) is 4.29. The van der Waals surface area contributed by atoms with E-state index in [-0.39, 0.29) is 24.2 Å². The first-order valence-electron chi connectivity index (χ1n) is 18.7. The summed E-state index contributed by atoms with van der Waals surface area (Å²) in [4.78, 5) is 41.3. The van der Waals surface area contributed by atoms with Crippen molar-refractivity contribution in [3.63, 3.8) is 0 Å². The zero-order valence-corrected chi connectivity index (χ0v) is 33.1. The molecule has 1 aliphatic carbocycles. The molecule has 0 radical (unpaired) electrons. The van der Waals surface area contributed by atoms with Crippen LogP contribution in [0.1, 0.15) is 64.7 Å². The number of nitrogens with one attached hydrogen (secondary N) is 1. The first-order valence-corrected chi connectivity index (χ1v) is 19.0. The number of likely N-dealkylation sites (N-methyl/N-ethyl adjacent to an activating group) is 1. The van der Waals surface area contributed by atoms with Gasteiger partial charge in [0, 0.05) is 50.6 Å². The Balaban J connectivity index is 0.000000207. The number of pyridine rings is 2. The van der Waals surface area contributed by atoms with Crippen molar-refractivity contribution in [2.45, 2.75) is 56.1 Å². The van der Waals surface area contributed by atoms with Gasteiger partial charge in [0.2, 0.25) is 5.91 Å². The summed E-state index contributed by atoms with van der Waals surface area (Å²) in [5.41, 5.74) is 3.75. The van der Waals surface area contributed by atoms with E-state index in [1.54, 1.807) is 23.4 Å². The van der Waals surface area contributed by atoms with Crippen LogP contribution in [0.15, 0.2) is 116 Å². The molecular formula is C44H48Cl2N6O3. The van der Waals surface area contributed by atoms with E-state index in [9.17, 15) is 14.7 Å². The first kappa shape index (κ1) is 39.9. The average molecular weight is 780 g/mol. The molecule has 2 aromatic heterocycles. The quantitative estimate of drug-likeness (QED) is 0.164. The number of aliphatic hydroxyl groups is 1. The minimum Gasteiger partial charge on any atom is -0.385 e. The van der Waals surface area contributed by atoms with E-state index in [0.717, 1.165) is 66.2 Å². The van der Waals surface area contributed by atoms with Gasteiger partial charge in [0.1, 0.15) is 11.2 Å². The summed E-state index contributed by atoms with van der Waals surface area (Å²) >= 11 is 6.03. The molecule has 2 aliphatic heterocycles. The van der Waals surface area contributed by atoms with Crippen LogP contribution >= 0.6 is 24.0 Å². The third kappa shape index (κ3) is 8.26. The fourth-order valence-electron chi connectivity index (χ4n) is 7.76. The summed E-state index contributed by atoms with van der Waals surface area (Å²) in [5.74, 6) is 1.48. The van der Waals surface area contributed by atoms with E-state index < -0.39 is 11.0 Å². The van der Waals surface area contributed by atoms with Crippen LogP contribution in [-0.4, -0.2) is 76.5 Å². The molecule has 2 N–H and O–H groups in total. The lowest BCUT2D eigenvalue weighted by Crippen LogP contribution is -2.48. The maximum absolute atomic E-state index is 13.8. The number of hydrogen-bond donors (Lipinski definition) is 2. The van der Waals surface area contributed by atoms with E-state index in [1.807, 2.05) is 93.8 Å². The van der Waals surface area contributed by atoms with E-state index in [4.69, 9.17) is 11.6 Å². The lowest BCUT2D eigenvalue weighted by Gasteiger charge is -2.41. The first-order chi connectivity index (χ1) is 26.1. The van der Waals surface area contributed by atoms with Gasteiger partial charge in [0.25, 0.3) is 5.91 Å². The van der Waals surface area contributed by atoms with Gasteiger partial charge >= 0.3 is 0 Å². The molecule has 286 valence electrons. The van der Waals surface area contributed by atoms with Crippen molar-refractivity contribution >= 4 is 53.1 Å². The zero-order chi connectivity index (χ0) is 37.9. The second-order valence-electron chi connectivity index (χ2n) is 14.7. The molecule has 0 atom stereocenters. The number of carbonyl (C=O) groups excluding carboxylic acids is 2. The van der Waals surface area contributed by atoms with Gasteiger partial charge in [-0.3, -0.25) is 9.59 Å². The molecule has 2 fully saturated rings. The number of likely N-dealkylation sites (tertiary alicyclic amines) is 1. The molecule has 0 unspecified atom stereocenters. The third-order valence-corrected chi connectivity index (χ3v) is 11.2. The maximum atomic E-state index is 13.8. The molecule has 1 saturated heterocycles. The van der Waals surface area contributed by atoms with Crippen molar-refractivity contribution in [3.8, 4) is 0 Å². The van der Waals surface area contributed by atoms with Crippen molar-refractivity contribution in [3.05, 3.63) is 148 Å². The topological polar surface area (TPSA) is 102 Å². The highest BCUT2D eigenvalue weighted by atomic mass is 35.5. The van der Waals surface area contributed by atoms with Crippen molar-refractivity contribution in [2.75, 3.05) is 43.9 Å². The van der Waals surface area contributed by atoms with Gasteiger partial charge in [-0.15, -0.1) is 12.4 Å². The van der Waals surface area contributed by atoms with Crippen molar-refractivity contribution in [1.29, 1.82) is 0 Å². The number of aryl methyl sites for hydroxylation is 1. The molecule has 55 heavy (non-hydrogen) atoms. The summed E-state index contributed by atoms with van der Waals surface area (Å²) in [7, 11) is 3.66. The number of piperidine rings is 1. The second kappa shape index (κ2) is 16.9. The van der Waals surface area contributed by atoms with Gasteiger partial charge < -0.3 is 25.1 Å². The van der Waals surface area contributed by atoms with E-state index >= 15 is 0 Å². The van der Waals surface area contributed by atoms with Crippen LogP contribution < -0.4 is 10.2 Å². The number of benzene rings is 3. The van der Waals surface area contributed by atoms with Crippen LogP contribution in [-0.2, 0) is 15.8 Å². The number of halogens is 2. The molecule has 4 heterocycles. The molecule has 5 aromatic rings. The molecule has 0 bridgehead atoms. The van der Waals surface area contributed by atoms with Crippen molar-refractivity contribution in [2.24, 2.45) is 0 Å². The van der Waals surface area contributed by atoms with Gasteiger partial charge in [0.15, 0.2) is 5.82 Å². The van der Waals surface area contributed by atoms with Gasteiger partial charge in [0.05, 0.1) is 16.9 Å². The molecule has 3 aliphatic rings. The zero-order valence-electron chi connectivity index (χ0n) is 31.5. The predicted molar refractivity (Wildman–Crippen MR) is 222 cm³/mol. The molecule has 2 amide bonds. The highest BCUT2D eigenvalue weighted by Gasteiger charge is 2.44. The summed E-state index contributed by atoms with van der Waals surface area (Å²) < 4.78 is 0. The Labute approximate surface area is 334 Å². The minimum atomic E-state index is -0.837. The second-order valence-corrected chi connectivity index (χ2v) is 15.2. The smallest absolute Gasteiger partial charge is 0.259 e. The van der Waals surface area contributed by atoms with Gasteiger partial charge in [-0.05, 0) is 98.2 Å². The minimum absolute atomic E-state index is 0. The largest absolute Gasteiger partial charge is 0.385 e. The fraction of sp³-hybridized carbons (Fsp3) is 0.318. The Hall–Kier alpha value is -4.80. The van der Waals surface area contributed by atoms with Crippen LogP contribution in [0, 0.1) is 6.92 Å². The van der Waals surface area contributed by atoms with E-state index in [2.05, 4.69) is 49.4 Å². The van der Waals surface area contributed by atoms with Crippen molar-refractivity contribution in [1.82, 2.24) is 19.8 Å². The molecule has 3 aromatic carbocycles. The lowest BCUT2D eigenvalue weighted by atomic mass is 9.70. The van der Waals surface area contributed by atoms with Crippen LogP contribution in [0.2, 0.25) is 5.02 Å². The monoisotopic (exact) mass is 778 g/mol. The van der Waals surface area contributed by atoms with Crippen LogP contribution in [0.3, 0.4) is 0 Å². The number of fused-ring (bicyclic) bond motifs is 2. The highest BCUT2D eigenvalue weighted by molar-refractivity contribution is 6.30. The number of rotatable bonds is 8. The highest BCUT2D eigenvalue weighted by Crippen LogP contribution is 2.44. The average Bonchev–Trinajstić information content (AvgIpc) is 4.05. The molecule has 0 spiro atoms. The molecule has 11 heteroatoms. The maximum Gasteiger partial charge on any atom is 0.259 e. The van der Waals surface area contributed by atoms with Crippen LogP contribution in [0.5, 0.6) is 0 Å². The van der Waals surface area contributed by atoms with E-state index in [0.29, 0.717) is 41.7 Å². The normalized spacial score (nSPS) is 16.2. The predicted octanol–water partition coefficient (Wildman–Crippen LogP) is 8.16. The third-order valence-electron chi connectivity index (χ3n) is 10.9. The molecule has 9 nitrogen and oxygen atoms in total. The summed E-state index contributed by atoms with van der Waals surface area (Å²) in [5, 5.41) is 14.9. The van der Waals surface area contributed by atoms with Gasteiger partial charge in [-0.1, -0.05) is 84.4 Å². The van der Waals surface area contributed by atoms with Crippen LogP contribution in [0.4, 0.5) is 17.3 Å². The van der Waals surface area contributed by atoms with Crippen molar-refractivity contribution < 1.29 is 14.7 Å². The molecule has 8 rings (SSSR count). The number of nitrogens with zero attached hydrogens (tertiary/aromatic N) is 5. The molecular weight excluding hydrogens is 731 g/mol. The Morgan fingerprint density at radius 1 is 0.873 bits per heavy atom. The summed E-state index contributed by atoms with van der Waals surface area (Å²) in [6, 6.07) is 33.6. The Bertz CT molecular complexity index is 2050. The van der Waals surface area contributed by atoms with Gasteiger partial charge in [-0.25, -0.2) is 9.97 Å². The Morgan fingerprint density at radius 2 is 1.47 bits per heavy atom. The Morgan fingerprint density at radius 3 is 2.05 bits per heavy atom. The van der Waals surface area contributed by atoms with Crippen LogP contribution in [0.25, 0.3) is 0 Å². The Kier molecular flexibility index (Phi) is 12.3. The summed E-state index contributed by atoms with van der Waals surface area (Å²) in [6.07, 6.45) is 7.70. The number of carbonyl (C=O) groups is 2. The fourth-order valence-corrected chi connectivity index (χ4v) is 7.89. The van der Waals surface area contributed by atoms with E-state index in [1.165, 1.54) is 0 Å². The number of amides is 2. The SMILES string of the molecule is CN(C)C(=O)C(CCN1CCC(O)(c2ccc(Cl)cc2)CC1)(c1ccccc1)c1ccccc1.Cc1ccnc2c1NC(=O)c1cccnc1N2C1CC1.Cl. The standard InChI is InChI=1S/C29H33ClN2O2.C15H14N4O.ClH/c1-31(2)27(33)29(24-9-5-3-6-10-24,25-11-7-4-8-12-25)19-22-32-20-17-28(34,18-21-32)23-13-15-26(30)16-14-23;1-9-6-8-17-14-12(9)18-15(20)11-3-2-7-16-13(11)19(14)10-4-5-10;/h3-16,34H,17-22H2,1-2H3;2-3,6-8,10H,4-5H2,1H3,(H,18,20);1H. The molecule has 1 saturated carbocycles. The number of hydrogen-bond acceptors (Lipinski definition) is 7. The van der Waals surface area contributed by atoms with Gasteiger partial charge in [-0.2, -0.15) is 0 Å².